The number of aromatic nitrogens is 1. The highest BCUT2D eigenvalue weighted by molar-refractivity contribution is 6.02. The minimum absolute atomic E-state index is 0.334. The molecule has 0 aliphatic carbocycles. The molecule has 24 heavy (non-hydrogen) atoms. The molecule has 0 aliphatic heterocycles. The van der Waals surface area contributed by atoms with Gasteiger partial charge < -0.3 is 10.3 Å². The molecule has 3 rings (SSSR count). The molecule has 2 aromatic carbocycles. The zero-order chi connectivity index (χ0) is 16.9. The Morgan fingerprint density at radius 3 is 2.75 bits per heavy atom. The van der Waals surface area contributed by atoms with Crippen molar-refractivity contribution >= 4 is 28.7 Å². The summed E-state index contributed by atoms with van der Waals surface area (Å²) in [5, 5.41) is 5.13. The largest absolute Gasteiger partial charge is 0.398 e. The molecule has 5 heteroatoms. The summed E-state index contributed by atoms with van der Waals surface area (Å²) in [6.45, 7) is 4.49. The second-order valence-corrected chi connectivity index (χ2v) is 5.33. The van der Waals surface area contributed by atoms with Gasteiger partial charge in [-0.3, -0.25) is 4.79 Å². The quantitative estimate of drug-likeness (QED) is 0.328. The summed E-state index contributed by atoms with van der Waals surface area (Å²) < 4.78 is 2.08. The Hall–Kier alpha value is -3.34. The van der Waals surface area contributed by atoms with Crippen LogP contribution in [0.5, 0.6) is 0 Å². The number of allylic oxidation sites excluding steroid dienone is 1. The van der Waals surface area contributed by atoms with Crippen molar-refractivity contribution in [3.05, 3.63) is 78.5 Å². The average molecular weight is 318 g/mol. The van der Waals surface area contributed by atoms with Crippen LogP contribution >= 0.6 is 0 Å². The van der Waals surface area contributed by atoms with E-state index in [9.17, 15) is 4.79 Å². The van der Waals surface area contributed by atoms with E-state index >= 15 is 0 Å². The summed E-state index contributed by atoms with van der Waals surface area (Å²) in [6, 6.07) is 14.9. The van der Waals surface area contributed by atoms with E-state index in [-0.39, 0.29) is 5.91 Å². The van der Waals surface area contributed by atoms with Gasteiger partial charge in [0.15, 0.2) is 0 Å². The maximum atomic E-state index is 12.1. The lowest BCUT2D eigenvalue weighted by Gasteiger charge is -2.02. The molecular formula is C19H18N4O. The van der Waals surface area contributed by atoms with Gasteiger partial charge in [0.2, 0.25) is 0 Å². The number of nitrogens with zero attached hydrogens (tertiary/aromatic N) is 2. The Bertz CT molecular complexity index is 924. The number of carbonyl (C=O) groups is 1. The Morgan fingerprint density at radius 2 is 1.96 bits per heavy atom. The molecule has 0 aliphatic rings. The Labute approximate surface area is 140 Å². The number of hydrogen-bond acceptors (Lipinski definition) is 3. The van der Waals surface area contributed by atoms with Crippen molar-refractivity contribution in [2.24, 2.45) is 5.10 Å². The molecule has 0 radical (unpaired) electrons. The number of nitrogens with two attached hydrogens (primary N) is 1. The highest BCUT2D eigenvalue weighted by Crippen LogP contribution is 2.20. The van der Waals surface area contributed by atoms with Gasteiger partial charge in [-0.15, -0.1) is 6.58 Å². The van der Waals surface area contributed by atoms with Crippen LogP contribution in [0.4, 0.5) is 5.69 Å². The van der Waals surface area contributed by atoms with Crippen molar-refractivity contribution in [2.75, 3.05) is 5.73 Å². The number of benzene rings is 2. The molecule has 1 aromatic heterocycles. The van der Waals surface area contributed by atoms with Gasteiger partial charge in [-0.05, 0) is 18.2 Å². The maximum absolute atomic E-state index is 12.1. The minimum atomic E-state index is -0.334. The van der Waals surface area contributed by atoms with E-state index < -0.39 is 0 Å². The third-order valence-electron chi connectivity index (χ3n) is 3.72. The van der Waals surface area contributed by atoms with Gasteiger partial charge >= 0.3 is 0 Å². The third kappa shape index (κ3) is 3.05. The second kappa shape index (κ2) is 6.83. The van der Waals surface area contributed by atoms with Gasteiger partial charge in [-0.25, -0.2) is 5.43 Å². The molecule has 3 aromatic rings. The molecule has 0 unspecified atom stereocenters. The minimum Gasteiger partial charge on any atom is -0.398 e. The van der Waals surface area contributed by atoms with E-state index in [2.05, 4.69) is 21.7 Å². The van der Waals surface area contributed by atoms with Gasteiger partial charge in [-0.1, -0.05) is 36.4 Å². The number of amides is 1. The monoisotopic (exact) mass is 318 g/mol. The zero-order valence-corrected chi connectivity index (χ0v) is 13.1. The van der Waals surface area contributed by atoms with Crippen LogP contribution < -0.4 is 11.2 Å². The van der Waals surface area contributed by atoms with Crippen molar-refractivity contribution in [1.82, 2.24) is 9.99 Å². The molecular weight excluding hydrogens is 300 g/mol. The summed E-state index contributed by atoms with van der Waals surface area (Å²) in [5.74, 6) is -0.334. The van der Waals surface area contributed by atoms with Crippen LogP contribution in [-0.2, 0) is 6.54 Å². The summed E-state index contributed by atoms with van der Waals surface area (Å²) in [4.78, 5) is 12.1. The van der Waals surface area contributed by atoms with E-state index in [1.807, 2.05) is 36.5 Å². The Balaban J connectivity index is 1.82. The van der Waals surface area contributed by atoms with Crippen molar-refractivity contribution in [2.45, 2.75) is 6.54 Å². The summed E-state index contributed by atoms with van der Waals surface area (Å²) in [6.07, 6.45) is 5.46. The van der Waals surface area contributed by atoms with Gasteiger partial charge in [0.1, 0.15) is 0 Å². The lowest BCUT2D eigenvalue weighted by atomic mass is 10.2. The molecule has 3 N–H and O–H groups in total. The first-order valence-electron chi connectivity index (χ1n) is 7.57. The fraction of sp³-hybridized carbons (Fsp3) is 0.0526. The van der Waals surface area contributed by atoms with E-state index in [0.717, 1.165) is 16.5 Å². The number of fused-ring (bicyclic) bond motifs is 1. The SMILES string of the molecule is C=CCn1cc(/C=N\NC(=O)c2ccccc2N)c2ccccc21. The third-order valence-corrected chi connectivity index (χ3v) is 3.72. The first-order valence-corrected chi connectivity index (χ1v) is 7.57. The van der Waals surface area contributed by atoms with Crippen molar-refractivity contribution in [1.29, 1.82) is 0 Å². The van der Waals surface area contributed by atoms with Crippen LogP contribution in [0.3, 0.4) is 0 Å². The first-order chi connectivity index (χ1) is 11.7. The Kier molecular flexibility index (Phi) is 4.43. The first kappa shape index (κ1) is 15.6. The van der Waals surface area contributed by atoms with E-state index in [1.54, 1.807) is 30.5 Å². The van der Waals surface area contributed by atoms with Crippen LogP contribution in [0.1, 0.15) is 15.9 Å². The van der Waals surface area contributed by atoms with Crippen molar-refractivity contribution in [3.63, 3.8) is 0 Å². The van der Waals surface area contributed by atoms with Crippen molar-refractivity contribution < 1.29 is 4.79 Å². The van der Waals surface area contributed by atoms with Gasteiger partial charge in [0.05, 0.1) is 11.8 Å². The lowest BCUT2D eigenvalue weighted by Crippen LogP contribution is -2.18. The van der Waals surface area contributed by atoms with Crippen LogP contribution in [-0.4, -0.2) is 16.7 Å². The average Bonchev–Trinajstić information content (AvgIpc) is 2.94. The predicted molar refractivity (Wildman–Crippen MR) is 98.0 cm³/mol. The normalized spacial score (nSPS) is 11.0. The number of nitrogen functional groups attached to an aromatic ring is 1. The molecule has 0 saturated carbocycles. The standard InChI is InChI=1S/C19H18N4O/c1-2-11-23-13-14(15-7-4-6-10-18(15)23)12-21-22-19(24)16-8-3-5-9-17(16)20/h2-10,12-13H,1,11,20H2,(H,22,24)/b21-12-. The van der Waals surface area contributed by atoms with E-state index in [4.69, 9.17) is 5.73 Å². The number of carbonyl (C=O) groups excluding carboxylic acids is 1. The molecule has 1 amide bonds. The fourth-order valence-corrected chi connectivity index (χ4v) is 2.59. The predicted octanol–water partition coefficient (Wildman–Crippen LogP) is 3.17. The summed E-state index contributed by atoms with van der Waals surface area (Å²) >= 11 is 0. The Morgan fingerprint density at radius 1 is 1.21 bits per heavy atom. The molecule has 0 atom stereocenters. The zero-order valence-electron chi connectivity index (χ0n) is 13.1. The maximum Gasteiger partial charge on any atom is 0.273 e. The van der Waals surface area contributed by atoms with Gasteiger partial charge in [-0.2, -0.15) is 5.10 Å². The van der Waals surface area contributed by atoms with Gasteiger partial charge in [0, 0.05) is 34.9 Å². The van der Waals surface area contributed by atoms with Crippen LogP contribution in [0.25, 0.3) is 10.9 Å². The van der Waals surface area contributed by atoms with Gasteiger partial charge in [0.25, 0.3) is 5.91 Å². The molecule has 0 fully saturated rings. The molecule has 1 heterocycles. The number of hydrazone groups is 1. The number of rotatable bonds is 5. The van der Waals surface area contributed by atoms with Crippen LogP contribution in [0.2, 0.25) is 0 Å². The number of anilines is 1. The van der Waals surface area contributed by atoms with Crippen molar-refractivity contribution in [3.8, 4) is 0 Å². The number of para-hydroxylation sites is 2. The topological polar surface area (TPSA) is 72.4 Å². The van der Waals surface area contributed by atoms with Crippen LogP contribution in [0, 0.1) is 0 Å². The number of nitrogens with one attached hydrogen (secondary N) is 1. The lowest BCUT2D eigenvalue weighted by molar-refractivity contribution is 0.0956. The molecule has 120 valence electrons. The van der Waals surface area contributed by atoms with E-state index in [1.165, 1.54) is 0 Å². The van der Waals surface area contributed by atoms with E-state index in [0.29, 0.717) is 17.8 Å². The second-order valence-electron chi connectivity index (χ2n) is 5.33. The highest BCUT2D eigenvalue weighted by Gasteiger charge is 2.08. The summed E-state index contributed by atoms with van der Waals surface area (Å²) in [7, 11) is 0. The molecule has 0 spiro atoms. The fourth-order valence-electron chi connectivity index (χ4n) is 2.59. The molecule has 0 saturated heterocycles. The molecule has 0 bridgehead atoms. The number of hydrogen-bond donors (Lipinski definition) is 2. The smallest absolute Gasteiger partial charge is 0.273 e. The summed E-state index contributed by atoms with van der Waals surface area (Å²) in [5.41, 5.74) is 11.2. The van der Waals surface area contributed by atoms with Crippen LogP contribution in [0.15, 0.2) is 72.5 Å². The highest BCUT2D eigenvalue weighted by atomic mass is 16.2. The molecule has 5 nitrogen and oxygen atoms in total.